The Hall–Kier alpha value is -2.53. The lowest BCUT2D eigenvalue weighted by Gasteiger charge is -2.45. The number of piperidine rings is 1. The summed E-state index contributed by atoms with van der Waals surface area (Å²) in [6.07, 6.45) is 4.47. The van der Waals surface area contributed by atoms with Gasteiger partial charge in [0.05, 0.1) is 13.1 Å². The highest BCUT2D eigenvalue weighted by atomic mass is 35.5. The van der Waals surface area contributed by atoms with Crippen LogP contribution in [0.2, 0.25) is 10.0 Å². The summed E-state index contributed by atoms with van der Waals surface area (Å²) < 4.78 is 0. The highest BCUT2D eigenvalue weighted by molar-refractivity contribution is 7.99. The number of fused-ring (bicyclic) bond motifs is 1. The normalized spacial score (nSPS) is 21.8. The molecule has 3 aromatic carbocycles. The lowest BCUT2D eigenvalue weighted by Crippen LogP contribution is -2.48. The third-order valence-electron chi connectivity index (χ3n) is 8.77. The van der Waals surface area contributed by atoms with Gasteiger partial charge in [0, 0.05) is 40.1 Å². The number of anilines is 1. The zero-order valence-corrected chi connectivity index (χ0v) is 25.3. The van der Waals surface area contributed by atoms with E-state index in [0.717, 1.165) is 56.1 Å². The number of hydrogen-bond acceptors (Lipinski definition) is 4. The Morgan fingerprint density at radius 3 is 2.49 bits per heavy atom. The average molecular weight is 606 g/mol. The molecule has 0 aliphatic carbocycles. The van der Waals surface area contributed by atoms with Gasteiger partial charge in [-0.05, 0) is 97.0 Å². The molecule has 0 spiro atoms. The van der Waals surface area contributed by atoms with Crippen molar-refractivity contribution in [2.24, 2.45) is 5.92 Å². The second-order valence-electron chi connectivity index (χ2n) is 11.3. The molecule has 1 N–H and O–H groups in total. The summed E-state index contributed by atoms with van der Waals surface area (Å²) in [6, 6.07) is 20.7. The van der Waals surface area contributed by atoms with Crippen LogP contribution in [0.4, 0.5) is 11.4 Å². The van der Waals surface area contributed by atoms with E-state index in [1.54, 1.807) is 18.2 Å². The summed E-state index contributed by atoms with van der Waals surface area (Å²) in [4.78, 5) is 22.0. The molecule has 3 aliphatic heterocycles. The van der Waals surface area contributed by atoms with Crippen LogP contribution >= 0.6 is 35.0 Å². The van der Waals surface area contributed by atoms with Gasteiger partial charge >= 0.3 is 0 Å². The fraction of sp³-hybridized carbons (Fsp3) is 0.394. The van der Waals surface area contributed by atoms with Crippen molar-refractivity contribution in [2.75, 3.05) is 43.0 Å². The highest BCUT2D eigenvalue weighted by Crippen LogP contribution is 2.42. The number of carbonyl (C=O) groups is 1. The van der Waals surface area contributed by atoms with E-state index in [0.29, 0.717) is 33.9 Å². The van der Waals surface area contributed by atoms with E-state index >= 15 is 0 Å². The minimum atomic E-state index is -0.0511. The van der Waals surface area contributed by atoms with Gasteiger partial charge in [0.15, 0.2) is 5.69 Å². The fourth-order valence-corrected chi connectivity index (χ4v) is 8.58. The van der Waals surface area contributed by atoms with Gasteiger partial charge in [0.25, 0.3) is 0 Å². The van der Waals surface area contributed by atoms with E-state index in [-0.39, 0.29) is 11.9 Å². The van der Waals surface area contributed by atoms with Crippen LogP contribution in [0.25, 0.3) is 16.0 Å². The van der Waals surface area contributed by atoms with E-state index in [9.17, 15) is 4.79 Å². The van der Waals surface area contributed by atoms with E-state index in [4.69, 9.17) is 29.8 Å². The second-order valence-corrected chi connectivity index (χ2v) is 13.4. The number of hydrogen-bond donors (Lipinski definition) is 1. The third kappa shape index (κ3) is 6.61. The van der Waals surface area contributed by atoms with Gasteiger partial charge < -0.3 is 5.32 Å². The topological polar surface area (TPSA) is 39.9 Å². The summed E-state index contributed by atoms with van der Waals surface area (Å²) in [5.74, 6) is 2.98. The molecule has 3 heterocycles. The Labute approximate surface area is 257 Å². The van der Waals surface area contributed by atoms with Crippen molar-refractivity contribution in [1.82, 2.24) is 9.80 Å². The monoisotopic (exact) mass is 604 g/mol. The third-order valence-corrected chi connectivity index (χ3v) is 10.3. The van der Waals surface area contributed by atoms with Crippen LogP contribution in [-0.4, -0.2) is 59.4 Å². The summed E-state index contributed by atoms with van der Waals surface area (Å²) >= 11 is 14.4. The van der Waals surface area contributed by atoms with Crippen molar-refractivity contribution < 1.29 is 4.79 Å². The number of nitrogens with zero attached hydrogens (tertiary/aromatic N) is 3. The van der Waals surface area contributed by atoms with Gasteiger partial charge in [-0.25, -0.2) is 4.85 Å². The molecule has 3 aromatic rings. The van der Waals surface area contributed by atoms with Crippen LogP contribution in [0.3, 0.4) is 0 Å². The first-order valence-corrected chi connectivity index (χ1v) is 16.3. The van der Waals surface area contributed by atoms with Crippen molar-refractivity contribution in [3.05, 3.63) is 93.3 Å². The van der Waals surface area contributed by atoms with Gasteiger partial charge in [-0.15, -0.1) is 0 Å². The number of likely N-dealkylation sites (tertiary alicyclic amines) is 1. The number of amides is 1. The molecule has 41 heavy (non-hydrogen) atoms. The first-order chi connectivity index (χ1) is 20.0. The van der Waals surface area contributed by atoms with Crippen LogP contribution in [-0.2, 0) is 11.2 Å². The van der Waals surface area contributed by atoms with Crippen LogP contribution < -0.4 is 5.32 Å². The molecule has 5 nitrogen and oxygen atoms in total. The number of carbonyl (C=O) groups excluding carboxylic acids is 1. The molecule has 212 valence electrons. The molecule has 0 radical (unpaired) electrons. The van der Waals surface area contributed by atoms with E-state index in [1.165, 1.54) is 29.1 Å². The minimum Gasteiger partial charge on any atom is -0.325 e. The van der Waals surface area contributed by atoms with E-state index in [1.807, 2.05) is 18.2 Å². The quantitative estimate of drug-likeness (QED) is 0.290. The highest BCUT2D eigenvalue weighted by Gasteiger charge is 2.37. The molecule has 0 saturated carbocycles. The van der Waals surface area contributed by atoms with Crippen molar-refractivity contribution in [2.45, 2.75) is 37.8 Å². The Morgan fingerprint density at radius 2 is 1.76 bits per heavy atom. The van der Waals surface area contributed by atoms with Gasteiger partial charge in [-0.1, -0.05) is 59.6 Å². The molecule has 3 aliphatic rings. The molecule has 8 heteroatoms. The fourth-order valence-electron chi connectivity index (χ4n) is 6.80. The molecule has 0 aromatic heterocycles. The molecular weight excluding hydrogens is 571 g/mol. The van der Waals surface area contributed by atoms with Crippen molar-refractivity contribution in [1.29, 1.82) is 0 Å². The molecule has 2 saturated heterocycles. The van der Waals surface area contributed by atoms with Gasteiger partial charge in [0.2, 0.25) is 5.91 Å². The number of thioether (sulfide) groups is 1. The van der Waals surface area contributed by atoms with Gasteiger partial charge in [-0.2, -0.15) is 11.8 Å². The van der Waals surface area contributed by atoms with Crippen molar-refractivity contribution >= 4 is 52.2 Å². The molecular formula is C33H34Cl2N4OS. The first kappa shape index (κ1) is 28.6. The number of benzene rings is 3. The maximum Gasteiger partial charge on any atom is 0.238 e. The Kier molecular flexibility index (Phi) is 8.90. The molecule has 6 rings (SSSR count). The predicted octanol–water partition coefficient (Wildman–Crippen LogP) is 7.97. The maximum absolute atomic E-state index is 13.3. The SMILES string of the molecule is [C-]#[N+]c1cccc(-c2ccc3c(c2)CCN(CC(=O)Nc2cc(Cl)cc(Cl)c2)C3C2CCN(C3CCSC3)CC2)c1. The Bertz CT molecular complexity index is 1440. The van der Waals surface area contributed by atoms with Gasteiger partial charge in [-0.3, -0.25) is 14.6 Å². The van der Waals surface area contributed by atoms with Crippen LogP contribution in [0.1, 0.15) is 36.4 Å². The Morgan fingerprint density at radius 1 is 0.976 bits per heavy atom. The zero-order chi connectivity index (χ0) is 28.3. The minimum absolute atomic E-state index is 0.0511. The lowest BCUT2D eigenvalue weighted by molar-refractivity contribution is -0.118. The number of nitrogens with one attached hydrogen (secondary N) is 1. The Balaban J connectivity index is 1.25. The molecule has 0 bridgehead atoms. The predicted molar refractivity (Wildman–Crippen MR) is 171 cm³/mol. The van der Waals surface area contributed by atoms with Crippen molar-refractivity contribution in [3.63, 3.8) is 0 Å². The summed E-state index contributed by atoms with van der Waals surface area (Å²) in [5, 5.41) is 4.02. The molecule has 2 fully saturated rings. The molecule has 2 unspecified atom stereocenters. The smallest absolute Gasteiger partial charge is 0.238 e. The molecule has 1 amide bonds. The van der Waals surface area contributed by atoms with Crippen LogP contribution in [0.5, 0.6) is 0 Å². The lowest BCUT2D eigenvalue weighted by atomic mass is 9.79. The second kappa shape index (κ2) is 12.8. The van der Waals surface area contributed by atoms with Crippen LogP contribution in [0, 0.1) is 12.5 Å². The first-order valence-electron chi connectivity index (χ1n) is 14.4. The summed E-state index contributed by atoms with van der Waals surface area (Å²) in [7, 11) is 0. The van der Waals surface area contributed by atoms with Crippen LogP contribution in [0.15, 0.2) is 60.7 Å². The average Bonchev–Trinajstić information content (AvgIpc) is 3.52. The summed E-state index contributed by atoms with van der Waals surface area (Å²) in [6.45, 7) is 10.8. The van der Waals surface area contributed by atoms with Gasteiger partial charge in [0.1, 0.15) is 0 Å². The largest absolute Gasteiger partial charge is 0.325 e. The summed E-state index contributed by atoms with van der Waals surface area (Å²) in [5.41, 5.74) is 6.19. The van der Waals surface area contributed by atoms with E-state index < -0.39 is 0 Å². The standard InChI is InChI=1S/C33H34Cl2N4OS/c1-36-28-4-2-3-23(16-28)24-5-6-31-25(15-24)9-13-39(20-32(40)37-29-18-26(34)17-27(35)19-29)33(31)22-7-11-38(12-8-22)30-10-14-41-21-30/h2-6,15-19,22,30,33H,7-14,20-21H2,(H,37,40). The number of halogens is 2. The molecule has 2 atom stereocenters. The van der Waals surface area contributed by atoms with Crippen molar-refractivity contribution in [3.8, 4) is 11.1 Å². The maximum atomic E-state index is 13.3. The van der Waals surface area contributed by atoms with E-state index in [2.05, 4.69) is 56.0 Å². The number of rotatable bonds is 6. The zero-order valence-electron chi connectivity index (χ0n) is 23.0.